The fourth-order valence-corrected chi connectivity index (χ4v) is 3.77. The molecule has 1 aromatic carbocycles. The highest BCUT2D eigenvalue weighted by atomic mass is 16.5. The molecule has 28 heavy (non-hydrogen) atoms. The van der Waals surface area contributed by atoms with Crippen LogP contribution in [0.15, 0.2) is 34.9 Å². The topological polar surface area (TPSA) is 113 Å². The van der Waals surface area contributed by atoms with Crippen LogP contribution in [0.2, 0.25) is 0 Å². The van der Waals surface area contributed by atoms with Crippen molar-refractivity contribution in [3.63, 3.8) is 0 Å². The molecule has 2 heterocycles. The molecule has 150 valence electrons. The van der Waals surface area contributed by atoms with Gasteiger partial charge in [0.05, 0.1) is 19.6 Å². The maximum absolute atomic E-state index is 12.3. The Morgan fingerprint density at radius 3 is 2.68 bits per heavy atom. The number of nitrogens with one attached hydrogen (secondary N) is 2. The molecule has 8 heteroatoms. The summed E-state index contributed by atoms with van der Waals surface area (Å²) in [6.45, 7) is 4.24. The largest absolute Gasteiger partial charge is 0.550 e. The lowest BCUT2D eigenvalue weighted by atomic mass is 9.85. The summed E-state index contributed by atoms with van der Waals surface area (Å²) in [4.78, 5) is 28.9. The van der Waals surface area contributed by atoms with Crippen LogP contribution in [-0.2, 0) is 9.59 Å². The highest BCUT2D eigenvalue weighted by molar-refractivity contribution is 5.78. The van der Waals surface area contributed by atoms with Gasteiger partial charge in [0, 0.05) is 24.4 Å². The zero-order valence-corrected chi connectivity index (χ0v) is 16.4. The fraction of sp³-hybridized carbons (Fsp3) is 0.500. The molecule has 3 rings (SSSR count). The second-order valence-corrected chi connectivity index (χ2v) is 8.32. The van der Waals surface area contributed by atoms with E-state index in [0.717, 1.165) is 12.1 Å². The highest BCUT2D eigenvalue weighted by Crippen LogP contribution is 2.25. The van der Waals surface area contributed by atoms with Gasteiger partial charge in [-0.1, -0.05) is 49.3 Å². The summed E-state index contributed by atoms with van der Waals surface area (Å²) in [5, 5.41) is 17.9. The molecule has 2 N–H and O–H groups in total. The monoisotopic (exact) mass is 386 g/mol. The smallest absolute Gasteiger partial charge is 0.285 e. The number of quaternary nitrogens is 1. The Morgan fingerprint density at radius 1 is 1.29 bits per heavy atom. The molecule has 3 atom stereocenters. The molecule has 1 unspecified atom stereocenters. The molecule has 1 aliphatic rings. The number of rotatable bonds is 7. The first-order chi connectivity index (χ1) is 13.2. The van der Waals surface area contributed by atoms with E-state index in [-0.39, 0.29) is 30.8 Å². The maximum Gasteiger partial charge on any atom is 0.285 e. The average Bonchev–Trinajstić information content (AvgIpc) is 3.20. The molecule has 0 saturated carbocycles. The van der Waals surface area contributed by atoms with Crippen molar-refractivity contribution in [2.75, 3.05) is 13.6 Å². The molecule has 1 aromatic heterocycles. The Hall–Kier alpha value is -2.74. The number of likely N-dealkylation sites (tertiary alicyclic amines) is 1. The van der Waals surface area contributed by atoms with Crippen LogP contribution in [-0.4, -0.2) is 41.7 Å². The van der Waals surface area contributed by atoms with Crippen molar-refractivity contribution in [2.24, 2.45) is 5.41 Å². The minimum absolute atomic E-state index is 0.00601. The molecule has 1 aliphatic heterocycles. The van der Waals surface area contributed by atoms with Gasteiger partial charge in [-0.05, 0) is 11.8 Å². The first-order valence-corrected chi connectivity index (χ1v) is 9.44. The first kappa shape index (κ1) is 20.0. The van der Waals surface area contributed by atoms with Crippen LogP contribution in [0.3, 0.4) is 0 Å². The number of carbonyl (C=O) groups excluding carboxylic acids is 2. The molecular weight excluding hydrogens is 360 g/mol. The number of amides is 1. The van der Waals surface area contributed by atoms with Gasteiger partial charge in [0.15, 0.2) is 6.04 Å². The lowest BCUT2D eigenvalue weighted by Gasteiger charge is -2.24. The van der Waals surface area contributed by atoms with Gasteiger partial charge >= 0.3 is 0 Å². The number of aliphatic carboxylic acids is 1. The van der Waals surface area contributed by atoms with Gasteiger partial charge in [0.25, 0.3) is 5.89 Å². The third kappa shape index (κ3) is 4.95. The Kier molecular flexibility index (Phi) is 5.79. The van der Waals surface area contributed by atoms with Crippen LogP contribution < -0.4 is 15.3 Å². The average molecular weight is 386 g/mol. The number of carboxylic acids is 1. The Morgan fingerprint density at radius 2 is 2.00 bits per heavy atom. The van der Waals surface area contributed by atoms with E-state index in [9.17, 15) is 14.7 Å². The number of hydrogen-bond donors (Lipinski definition) is 2. The van der Waals surface area contributed by atoms with Gasteiger partial charge in [-0.3, -0.25) is 4.79 Å². The summed E-state index contributed by atoms with van der Waals surface area (Å²) < 4.78 is 5.48. The second kappa shape index (κ2) is 8.10. The lowest BCUT2D eigenvalue weighted by molar-refractivity contribution is -0.900. The van der Waals surface area contributed by atoms with E-state index in [2.05, 4.69) is 15.5 Å². The predicted molar refractivity (Wildman–Crippen MR) is 98.8 cm³/mol. The van der Waals surface area contributed by atoms with Crippen molar-refractivity contribution in [3.8, 4) is 11.4 Å². The van der Waals surface area contributed by atoms with E-state index in [1.165, 1.54) is 4.90 Å². The molecule has 1 amide bonds. The molecule has 0 radical (unpaired) electrons. The molecule has 0 spiro atoms. The summed E-state index contributed by atoms with van der Waals surface area (Å²) in [5.74, 6) is -0.181. The van der Waals surface area contributed by atoms with Crippen LogP contribution in [0.25, 0.3) is 11.4 Å². The molecule has 1 saturated heterocycles. The van der Waals surface area contributed by atoms with E-state index in [1.54, 1.807) is 13.8 Å². The molecule has 0 aliphatic carbocycles. The zero-order valence-electron chi connectivity index (χ0n) is 16.4. The van der Waals surface area contributed by atoms with E-state index in [1.807, 2.05) is 37.4 Å². The molecule has 2 aromatic rings. The van der Waals surface area contributed by atoms with Crippen molar-refractivity contribution in [1.29, 1.82) is 0 Å². The van der Waals surface area contributed by atoms with Crippen molar-refractivity contribution in [2.45, 2.75) is 45.2 Å². The normalized spacial score (nSPS) is 22.2. The molecule has 1 fully saturated rings. The molecule has 0 bridgehead atoms. The number of hydrogen-bond acceptors (Lipinski definition) is 6. The first-order valence-electron chi connectivity index (χ1n) is 9.44. The zero-order chi connectivity index (χ0) is 20.3. The predicted octanol–water partition coefficient (Wildman–Crippen LogP) is -0.263. The standard InChI is InChI=1S/C20H26N4O4/c1-20(2,11-17(26)27)10-16(25)21-14-9-15(24(3)12-14)19-22-18(23-28-19)13-7-5-4-6-8-13/h4-8,14-15H,9-12H2,1-3H3,(H,21,25)(H,26,27)/t14-,15-/m0/s1. The number of aromatic nitrogens is 2. The van der Waals surface area contributed by atoms with Crippen molar-refractivity contribution < 1.29 is 24.1 Å². The third-order valence-corrected chi connectivity index (χ3v) is 5.08. The van der Waals surface area contributed by atoms with Crippen LogP contribution in [0.5, 0.6) is 0 Å². The third-order valence-electron chi connectivity index (χ3n) is 5.08. The quantitative estimate of drug-likeness (QED) is 0.678. The summed E-state index contributed by atoms with van der Waals surface area (Å²) in [6, 6.07) is 9.61. The van der Waals surface area contributed by atoms with Gasteiger partial charge < -0.3 is 24.6 Å². The van der Waals surface area contributed by atoms with Crippen molar-refractivity contribution >= 4 is 11.9 Å². The summed E-state index contributed by atoms with van der Waals surface area (Å²) in [6.07, 6.45) is 0.679. The van der Waals surface area contributed by atoms with E-state index >= 15 is 0 Å². The van der Waals surface area contributed by atoms with E-state index < -0.39 is 11.4 Å². The Labute approximate surface area is 163 Å². The van der Waals surface area contributed by atoms with Gasteiger partial charge in [0.1, 0.15) is 0 Å². The summed E-state index contributed by atoms with van der Waals surface area (Å²) in [7, 11) is 2.03. The van der Waals surface area contributed by atoms with Crippen LogP contribution >= 0.6 is 0 Å². The molecular formula is C20H26N4O4. The number of carbonyl (C=O) groups is 2. The number of carboxylic acid groups (broad SMARTS) is 1. The van der Waals surface area contributed by atoms with Gasteiger partial charge in [-0.15, -0.1) is 0 Å². The van der Waals surface area contributed by atoms with Crippen molar-refractivity contribution in [1.82, 2.24) is 15.5 Å². The van der Waals surface area contributed by atoms with E-state index in [0.29, 0.717) is 18.1 Å². The second-order valence-electron chi connectivity index (χ2n) is 8.32. The van der Waals surface area contributed by atoms with E-state index in [4.69, 9.17) is 4.52 Å². The number of likely N-dealkylation sites (N-methyl/N-ethyl adjacent to an activating group) is 1. The van der Waals surface area contributed by atoms with Gasteiger partial charge in [-0.25, -0.2) is 0 Å². The Balaban J connectivity index is 1.60. The van der Waals surface area contributed by atoms with Gasteiger partial charge in [0.2, 0.25) is 11.7 Å². The Bertz CT molecular complexity index is 834. The minimum atomic E-state index is -1.14. The van der Waals surface area contributed by atoms with Crippen LogP contribution in [0.4, 0.5) is 0 Å². The fourth-order valence-electron chi connectivity index (χ4n) is 3.77. The lowest BCUT2D eigenvalue weighted by Crippen LogP contribution is -3.07. The summed E-state index contributed by atoms with van der Waals surface area (Å²) >= 11 is 0. The maximum atomic E-state index is 12.3. The SMILES string of the molecule is C[NH+]1C[C@@H](NC(=O)CC(C)(C)CC(=O)[O-])C[C@H]1c1nc(-c2ccccc2)no1. The van der Waals surface area contributed by atoms with Crippen LogP contribution in [0, 0.1) is 5.41 Å². The minimum Gasteiger partial charge on any atom is -0.550 e. The number of benzene rings is 1. The van der Waals surface area contributed by atoms with Gasteiger partial charge in [-0.2, -0.15) is 4.98 Å². The van der Waals surface area contributed by atoms with Crippen LogP contribution in [0.1, 0.15) is 45.0 Å². The highest BCUT2D eigenvalue weighted by Gasteiger charge is 2.39. The summed E-state index contributed by atoms with van der Waals surface area (Å²) in [5.41, 5.74) is 0.254. The molecule has 8 nitrogen and oxygen atoms in total. The van der Waals surface area contributed by atoms with Crippen molar-refractivity contribution in [3.05, 3.63) is 36.2 Å². The number of nitrogens with zero attached hydrogens (tertiary/aromatic N) is 2.